The van der Waals surface area contributed by atoms with E-state index < -0.39 is 5.79 Å². The molecular weight excluding hydrogens is 132 g/mol. The molecule has 1 atom stereocenters. The Balaban J connectivity index is 2.52. The zero-order valence-electron chi connectivity index (χ0n) is 6.05. The molecule has 1 rings (SSSR count). The molecule has 1 fully saturated rings. The molecule has 0 N–H and O–H groups in total. The van der Waals surface area contributed by atoms with E-state index >= 15 is 0 Å². The van der Waals surface area contributed by atoms with Crippen LogP contribution in [0.1, 0.15) is 19.3 Å². The Morgan fingerprint density at radius 3 is 2.70 bits per heavy atom. The Kier molecular flexibility index (Phi) is 2.40. The van der Waals surface area contributed by atoms with Crippen molar-refractivity contribution in [2.45, 2.75) is 25.0 Å². The van der Waals surface area contributed by atoms with Gasteiger partial charge in [0.2, 0.25) is 5.79 Å². The van der Waals surface area contributed by atoms with E-state index in [1.165, 1.54) is 7.11 Å². The lowest BCUT2D eigenvalue weighted by molar-refractivity contribution is -0.193. The molecule has 3 heteroatoms. The predicted molar refractivity (Wildman–Crippen MR) is 35.2 cm³/mol. The Morgan fingerprint density at radius 1 is 1.60 bits per heavy atom. The molecule has 0 amide bonds. The average molecular weight is 143 g/mol. The lowest BCUT2D eigenvalue weighted by Gasteiger charge is -2.29. The van der Waals surface area contributed by atoms with Crippen molar-refractivity contribution >= 4 is 6.29 Å². The van der Waals surface area contributed by atoms with Crippen LogP contribution in [0.4, 0.5) is 0 Å². The van der Waals surface area contributed by atoms with Crippen LogP contribution in [0.5, 0.6) is 0 Å². The smallest absolute Gasteiger partial charge is 0.263 e. The van der Waals surface area contributed by atoms with Crippen LogP contribution >= 0.6 is 0 Å². The summed E-state index contributed by atoms with van der Waals surface area (Å²) in [6, 6.07) is 0. The standard InChI is InChI=1S/C7H11O3/c1-9-7(6-8)4-2-3-5-10-7/h2-5H2,1H3. The van der Waals surface area contributed by atoms with Crippen LogP contribution in [0, 0.1) is 0 Å². The summed E-state index contributed by atoms with van der Waals surface area (Å²) in [6.07, 6.45) is 4.39. The first-order chi connectivity index (χ1) is 4.83. The quantitative estimate of drug-likeness (QED) is 0.569. The molecule has 3 nitrogen and oxygen atoms in total. The fourth-order valence-corrected chi connectivity index (χ4v) is 1.05. The minimum Gasteiger partial charge on any atom is -0.347 e. The van der Waals surface area contributed by atoms with E-state index in [2.05, 4.69) is 0 Å². The normalized spacial score (nSPS) is 33.7. The predicted octanol–water partition coefficient (Wildman–Crippen LogP) is 0.639. The van der Waals surface area contributed by atoms with Crippen molar-refractivity contribution in [3.8, 4) is 0 Å². The lowest BCUT2D eigenvalue weighted by atomic mass is 10.1. The summed E-state index contributed by atoms with van der Waals surface area (Å²) in [5.74, 6) is -1.04. The number of rotatable bonds is 2. The summed E-state index contributed by atoms with van der Waals surface area (Å²) < 4.78 is 10.0. The third-order valence-corrected chi connectivity index (χ3v) is 1.72. The van der Waals surface area contributed by atoms with Gasteiger partial charge in [0.1, 0.15) is 0 Å². The van der Waals surface area contributed by atoms with Gasteiger partial charge in [0.25, 0.3) is 6.29 Å². The lowest BCUT2D eigenvalue weighted by Crippen LogP contribution is -2.39. The molecule has 0 aromatic carbocycles. The third kappa shape index (κ3) is 1.36. The van der Waals surface area contributed by atoms with Gasteiger partial charge in [-0.15, -0.1) is 0 Å². The van der Waals surface area contributed by atoms with Gasteiger partial charge in [-0.05, 0) is 12.8 Å². The fourth-order valence-electron chi connectivity index (χ4n) is 1.05. The van der Waals surface area contributed by atoms with Crippen molar-refractivity contribution in [1.29, 1.82) is 0 Å². The van der Waals surface area contributed by atoms with Gasteiger partial charge < -0.3 is 9.47 Å². The summed E-state index contributed by atoms with van der Waals surface area (Å²) in [5.41, 5.74) is 0. The molecule has 0 spiro atoms. The zero-order valence-corrected chi connectivity index (χ0v) is 6.05. The largest absolute Gasteiger partial charge is 0.347 e. The molecule has 1 unspecified atom stereocenters. The van der Waals surface area contributed by atoms with Gasteiger partial charge in [0.15, 0.2) is 0 Å². The first kappa shape index (κ1) is 7.69. The van der Waals surface area contributed by atoms with E-state index in [1.54, 1.807) is 6.29 Å². The molecule has 0 aromatic rings. The zero-order chi connectivity index (χ0) is 7.45. The SMILES string of the molecule is COC1([C]=O)CCCCO1. The summed E-state index contributed by atoms with van der Waals surface area (Å²) in [5, 5.41) is 0. The Bertz CT molecular complexity index is 116. The summed E-state index contributed by atoms with van der Waals surface area (Å²) in [7, 11) is 1.47. The molecule has 0 aromatic heterocycles. The molecule has 1 heterocycles. The monoisotopic (exact) mass is 143 g/mol. The first-order valence-electron chi connectivity index (χ1n) is 3.41. The molecule has 1 saturated heterocycles. The average Bonchev–Trinajstić information content (AvgIpc) is 2.06. The van der Waals surface area contributed by atoms with Crippen molar-refractivity contribution < 1.29 is 14.3 Å². The van der Waals surface area contributed by atoms with Crippen LogP contribution in [-0.4, -0.2) is 25.8 Å². The Hall–Kier alpha value is -0.410. The van der Waals surface area contributed by atoms with Crippen LogP contribution in [0.3, 0.4) is 0 Å². The highest BCUT2D eigenvalue weighted by molar-refractivity contribution is 5.61. The van der Waals surface area contributed by atoms with Gasteiger partial charge in [-0.3, -0.25) is 4.79 Å². The highest BCUT2D eigenvalue weighted by atomic mass is 16.7. The van der Waals surface area contributed by atoms with E-state index in [9.17, 15) is 4.79 Å². The molecule has 0 aliphatic carbocycles. The van der Waals surface area contributed by atoms with Gasteiger partial charge in [-0.2, -0.15) is 0 Å². The van der Waals surface area contributed by atoms with Gasteiger partial charge in [0.05, 0.1) is 6.61 Å². The van der Waals surface area contributed by atoms with Crippen molar-refractivity contribution in [3.63, 3.8) is 0 Å². The second kappa shape index (κ2) is 3.12. The van der Waals surface area contributed by atoms with E-state index in [0.29, 0.717) is 13.0 Å². The van der Waals surface area contributed by atoms with Gasteiger partial charge >= 0.3 is 0 Å². The molecule has 0 saturated carbocycles. The van der Waals surface area contributed by atoms with Crippen LogP contribution in [-0.2, 0) is 14.3 Å². The summed E-state index contributed by atoms with van der Waals surface area (Å²) >= 11 is 0. The number of hydrogen-bond acceptors (Lipinski definition) is 3. The molecule has 57 valence electrons. The Labute approximate surface area is 60.3 Å². The maximum absolute atomic E-state index is 10.3. The molecule has 1 radical (unpaired) electrons. The summed E-state index contributed by atoms with van der Waals surface area (Å²) in [4.78, 5) is 10.3. The molecular formula is C7H11O3. The molecule has 1 aliphatic rings. The number of carbonyl (C=O) groups excluding carboxylic acids is 1. The number of methoxy groups -OCH3 is 1. The van der Waals surface area contributed by atoms with E-state index in [4.69, 9.17) is 9.47 Å². The Morgan fingerprint density at radius 2 is 2.40 bits per heavy atom. The van der Waals surface area contributed by atoms with Crippen LogP contribution < -0.4 is 0 Å². The van der Waals surface area contributed by atoms with Crippen LogP contribution in [0.15, 0.2) is 0 Å². The first-order valence-corrected chi connectivity index (χ1v) is 3.41. The van der Waals surface area contributed by atoms with Crippen molar-refractivity contribution in [3.05, 3.63) is 0 Å². The summed E-state index contributed by atoms with van der Waals surface area (Å²) in [6.45, 7) is 0.600. The van der Waals surface area contributed by atoms with E-state index in [-0.39, 0.29) is 0 Å². The van der Waals surface area contributed by atoms with Gasteiger partial charge in [-0.1, -0.05) is 0 Å². The van der Waals surface area contributed by atoms with E-state index in [0.717, 1.165) is 12.8 Å². The highest BCUT2D eigenvalue weighted by Gasteiger charge is 2.33. The second-order valence-corrected chi connectivity index (χ2v) is 2.36. The minimum atomic E-state index is -1.04. The topological polar surface area (TPSA) is 35.5 Å². The highest BCUT2D eigenvalue weighted by Crippen LogP contribution is 2.22. The minimum absolute atomic E-state index is 0.600. The van der Waals surface area contributed by atoms with Crippen LogP contribution in [0.2, 0.25) is 0 Å². The maximum atomic E-state index is 10.3. The maximum Gasteiger partial charge on any atom is 0.263 e. The molecule has 10 heavy (non-hydrogen) atoms. The van der Waals surface area contributed by atoms with Gasteiger partial charge in [0, 0.05) is 13.5 Å². The second-order valence-electron chi connectivity index (χ2n) is 2.36. The number of ether oxygens (including phenoxy) is 2. The fraction of sp³-hybridized carbons (Fsp3) is 0.857. The van der Waals surface area contributed by atoms with Crippen LogP contribution in [0.25, 0.3) is 0 Å². The van der Waals surface area contributed by atoms with Crippen molar-refractivity contribution in [1.82, 2.24) is 0 Å². The van der Waals surface area contributed by atoms with E-state index in [1.807, 2.05) is 0 Å². The van der Waals surface area contributed by atoms with Crippen molar-refractivity contribution in [2.75, 3.05) is 13.7 Å². The number of hydrogen-bond donors (Lipinski definition) is 0. The van der Waals surface area contributed by atoms with Crippen molar-refractivity contribution in [2.24, 2.45) is 0 Å². The molecule has 0 bridgehead atoms. The molecule has 1 aliphatic heterocycles. The third-order valence-electron chi connectivity index (χ3n) is 1.72. The van der Waals surface area contributed by atoms with Gasteiger partial charge in [-0.25, -0.2) is 0 Å².